The van der Waals surface area contributed by atoms with Gasteiger partial charge in [0.15, 0.2) is 5.69 Å². The zero-order valence-corrected chi connectivity index (χ0v) is 16.3. The van der Waals surface area contributed by atoms with Crippen molar-refractivity contribution in [3.63, 3.8) is 0 Å². The van der Waals surface area contributed by atoms with Gasteiger partial charge >= 0.3 is 6.18 Å². The van der Waals surface area contributed by atoms with Crippen molar-refractivity contribution in [1.29, 1.82) is 0 Å². The molecular formula is C21H14ClF3N4O. The van der Waals surface area contributed by atoms with Crippen LogP contribution >= 0.6 is 11.6 Å². The Kier molecular flexibility index (Phi) is 4.95. The van der Waals surface area contributed by atoms with Crippen LogP contribution in [0, 0.1) is 0 Å². The van der Waals surface area contributed by atoms with Gasteiger partial charge in [0.05, 0.1) is 22.4 Å². The monoisotopic (exact) mass is 430 g/mol. The minimum absolute atomic E-state index is 0.286. The summed E-state index contributed by atoms with van der Waals surface area (Å²) in [6.07, 6.45) is -1.91. The van der Waals surface area contributed by atoms with Crippen LogP contribution in [0.5, 0.6) is 0 Å². The van der Waals surface area contributed by atoms with Crippen molar-refractivity contribution in [3.8, 4) is 5.69 Å². The number of hydrogen-bond acceptors (Lipinski definition) is 3. The summed E-state index contributed by atoms with van der Waals surface area (Å²) in [6, 6.07) is 15.3. The first kappa shape index (κ1) is 19.9. The van der Waals surface area contributed by atoms with Gasteiger partial charge in [-0.25, -0.2) is 4.68 Å². The quantitative estimate of drug-likeness (QED) is 0.439. The van der Waals surface area contributed by atoms with Gasteiger partial charge in [0.1, 0.15) is 0 Å². The van der Waals surface area contributed by atoms with Crippen LogP contribution < -0.4 is 4.90 Å². The second-order valence-corrected chi connectivity index (χ2v) is 6.97. The molecule has 30 heavy (non-hydrogen) atoms. The predicted octanol–water partition coefficient (Wildman–Crippen LogP) is 5.37. The highest BCUT2D eigenvalue weighted by Gasteiger charge is 2.37. The third kappa shape index (κ3) is 3.73. The van der Waals surface area contributed by atoms with Gasteiger partial charge in [-0.1, -0.05) is 23.7 Å². The zero-order chi connectivity index (χ0) is 21.5. The molecule has 0 aliphatic rings. The number of alkyl halides is 3. The molecule has 0 N–H and O–H groups in total. The molecule has 4 aromatic rings. The fourth-order valence-corrected chi connectivity index (χ4v) is 3.28. The largest absolute Gasteiger partial charge is 0.436 e. The van der Waals surface area contributed by atoms with Crippen LogP contribution in [-0.2, 0) is 6.18 Å². The fraction of sp³-hybridized carbons (Fsp3) is 0.0952. The number of anilines is 1. The number of rotatable bonds is 3. The van der Waals surface area contributed by atoms with Crippen molar-refractivity contribution in [2.75, 3.05) is 11.9 Å². The lowest BCUT2D eigenvalue weighted by Gasteiger charge is -2.18. The number of benzene rings is 2. The van der Waals surface area contributed by atoms with E-state index in [1.807, 2.05) is 24.3 Å². The molecule has 0 aliphatic heterocycles. The van der Waals surface area contributed by atoms with E-state index in [2.05, 4.69) is 10.1 Å². The van der Waals surface area contributed by atoms with Gasteiger partial charge in [0.25, 0.3) is 5.91 Å². The van der Waals surface area contributed by atoms with Crippen LogP contribution in [0.1, 0.15) is 16.1 Å². The summed E-state index contributed by atoms with van der Waals surface area (Å²) in [4.78, 5) is 18.7. The van der Waals surface area contributed by atoms with E-state index < -0.39 is 16.9 Å². The number of amides is 1. The predicted molar refractivity (Wildman–Crippen MR) is 108 cm³/mol. The van der Waals surface area contributed by atoms with Crippen LogP contribution in [0.3, 0.4) is 0 Å². The molecule has 9 heteroatoms. The minimum atomic E-state index is -4.67. The maximum atomic E-state index is 13.0. The van der Waals surface area contributed by atoms with E-state index in [0.29, 0.717) is 11.3 Å². The summed E-state index contributed by atoms with van der Waals surface area (Å²) in [6.45, 7) is 0. The van der Waals surface area contributed by atoms with E-state index in [1.54, 1.807) is 37.5 Å². The normalized spacial score (nSPS) is 11.6. The van der Waals surface area contributed by atoms with Gasteiger partial charge in [-0.2, -0.15) is 18.3 Å². The van der Waals surface area contributed by atoms with Gasteiger partial charge in [-0.15, -0.1) is 0 Å². The van der Waals surface area contributed by atoms with E-state index in [0.717, 1.165) is 21.8 Å². The summed E-state index contributed by atoms with van der Waals surface area (Å²) >= 11 is 5.68. The van der Waals surface area contributed by atoms with Crippen molar-refractivity contribution < 1.29 is 18.0 Å². The second-order valence-electron chi connectivity index (χ2n) is 6.56. The molecule has 152 valence electrons. The highest BCUT2D eigenvalue weighted by Crippen LogP contribution is 2.34. The molecule has 0 spiro atoms. The molecule has 0 unspecified atom stereocenters. The number of halogens is 4. The average molecular weight is 431 g/mol. The molecule has 0 bridgehead atoms. The van der Waals surface area contributed by atoms with Crippen LogP contribution in [0.4, 0.5) is 18.9 Å². The lowest BCUT2D eigenvalue weighted by Crippen LogP contribution is -2.26. The Labute approximate surface area is 174 Å². The van der Waals surface area contributed by atoms with Crippen LogP contribution in [0.15, 0.2) is 67.0 Å². The molecule has 4 rings (SSSR count). The average Bonchev–Trinajstić information content (AvgIpc) is 3.14. The molecule has 5 nitrogen and oxygen atoms in total. The van der Waals surface area contributed by atoms with Gasteiger partial charge in [-0.3, -0.25) is 9.78 Å². The number of pyridine rings is 1. The maximum absolute atomic E-state index is 13.0. The van der Waals surface area contributed by atoms with Crippen molar-refractivity contribution >= 4 is 34.1 Å². The number of nitrogens with zero attached hydrogens (tertiary/aromatic N) is 4. The summed E-state index contributed by atoms with van der Waals surface area (Å²) in [5.74, 6) is -0.325. The Morgan fingerprint density at radius 1 is 1.10 bits per heavy atom. The van der Waals surface area contributed by atoms with Crippen LogP contribution in [-0.4, -0.2) is 27.7 Å². The number of aromatic nitrogens is 3. The Morgan fingerprint density at radius 3 is 2.63 bits per heavy atom. The van der Waals surface area contributed by atoms with E-state index in [-0.39, 0.29) is 11.6 Å². The molecule has 1 amide bonds. The van der Waals surface area contributed by atoms with Crippen LogP contribution in [0.25, 0.3) is 16.6 Å². The Hall–Kier alpha value is -3.39. The van der Waals surface area contributed by atoms with Crippen molar-refractivity contribution in [2.24, 2.45) is 0 Å². The lowest BCUT2D eigenvalue weighted by molar-refractivity contribution is -0.141. The number of carbonyl (C=O) groups is 1. The number of carbonyl (C=O) groups excluding carboxylic acids is 1. The Bertz CT molecular complexity index is 1250. The van der Waals surface area contributed by atoms with Crippen molar-refractivity contribution in [3.05, 3.63) is 83.3 Å². The van der Waals surface area contributed by atoms with Crippen molar-refractivity contribution in [1.82, 2.24) is 14.8 Å². The fourth-order valence-electron chi connectivity index (χ4n) is 3.04. The van der Waals surface area contributed by atoms with Gasteiger partial charge in [-0.05, 0) is 42.5 Å². The van der Waals surface area contributed by atoms with Gasteiger partial charge in [0.2, 0.25) is 0 Å². The van der Waals surface area contributed by atoms with Crippen molar-refractivity contribution in [2.45, 2.75) is 6.18 Å². The molecule has 0 saturated carbocycles. The number of fused-ring (bicyclic) bond motifs is 1. The highest BCUT2D eigenvalue weighted by molar-refractivity contribution is 6.31. The van der Waals surface area contributed by atoms with E-state index in [1.165, 1.54) is 11.0 Å². The minimum Gasteiger partial charge on any atom is -0.311 e. The molecule has 2 aromatic heterocycles. The summed E-state index contributed by atoms with van der Waals surface area (Å²) in [7, 11) is 1.62. The smallest absolute Gasteiger partial charge is 0.311 e. The number of hydrogen-bond donors (Lipinski definition) is 0. The second kappa shape index (κ2) is 7.46. The SMILES string of the molecule is CN(C(=O)c1cccc(-n2cc(Cl)c(C(F)(F)F)n2)c1)c1ccc2ncccc2c1. The Morgan fingerprint density at radius 2 is 1.90 bits per heavy atom. The molecular weight excluding hydrogens is 417 g/mol. The lowest BCUT2D eigenvalue weighted by atomic mass is 10.1. The molecule has 0 fully saturated rings. The van der Waals surface area contributed by atoms with Crippen LogP contribution in [0.2, 0.25) is 5.02 Å². The standard InChI is InChI=1S/C21H14ClF3N4O/c1-28(15-7-8-18-13(10-15)5-3-9-26-18)20(30)14-4-2-6-16(11-14)29-12-17(22)19(27-29)21(23,24)25/h2-12H,1H3. The third-order valence-electron chi connectivity index (χ3n) is 4.57. The van der Waals surface area contributed by atoms with Gasteiger partial charge in [0, 0.05) is 29.9 Å². The first-order valence-corrected chi connectivity index (χ1v) is 9.17. The first-order chi connectivity index (χ1) is 14.2. The summed E-state index contributed by atoms with van der Waals surface area (Å²) < 4.78 is 39.9. The highest BCUT2D eigenvalue weighted by atomic mass is 35.5. The molecule has 0 radical (unpaired) electrons. The maximum Gasteiger partial charge on any atom is 0.436 e. The molecule has 2 heterocycles. The van der Waals surface area contributed by atoms with E-state index >= 15 is 0 Å². The summed E-state index contributed by atoms with van der Waals surface area (Å²) in [5.41, 5.74) is 0.867. The molecule has 0 atom stereocenters. The molecule has 0 aliphatic carbocycles. The first-order valence-electron chi connectivity index (χ1n) is 8.80. The van der Waals surface area contributed by atoms with Gasteiger partial charge < -0.3 is 4.90 Å². The molecule has 0 saturated heterocycles. The topological polar surface area (TPSA) is 51.0 Å². The third-order valence-corrected chi connectivity index (χ3v) is 4.85. The summed E-state index contributed by atoms with van der Waals surface area (Å²) in [5, 5.41) is 3.89. The van der Waals surface area contributed by atoms with E-state index in [9.17, 15) is 18.0 Å². The molecule has 2 aromatic carbocycles. The zero-order valence-electron chi connectivity index (χ0n) is 15.6. The van der Waals surface area contributed by atoms with E-state index in [4.69, 9.17) is 11.6 Å². The Balaban J connectivity index is 1.65.